The molecular weight excluding hydrogens is 188 g/mol. The molecule has 0 radical (unpaired) electrons. The zero-order valence-corrected chi connectivity index (χ0v) is 9.02. The summed E-state index contributed by atoms with van der Waals surface area (Å²) in [4.78, 5) is 11.0. The first kappa shape index (κ1) is 10.4. The van der Waals surface area contributed by atoms with Gasteiger partial charge in [0.15, 0.2) is 5.82 Å². The fourth-order valence-corrected chi connectivity index (χ4v) is 2.05. The molecule has 1 aromatic rings. The molecule has 0 amide bonds. The van der Waals surface area contributed by atoms with E-state index in [1.165, 1.54) is 25.7 Å². The molecular formula is C11H18N4. The second kappa shape index (κ2) is 5.07. The van der Waals surface area contributed by atoms with E-state index in [1.807, 2.05) is 0 Å². The van der Waals surface area contributed by atoms with Crippen molar-refractivity contribution >= 4 is 5.82 Å². The van der Waals surface area contributed by atoms with E-state index in [9.17, 15) is 0 Å². The summed E-state index contributed by atoms with van der Waals surface area (Å²) in [7, 11) is 0. The summed E-state index contributed by atoms with van der Waals surface area (Å²) in [6, 6.07) is 0. The van der Waals surface area contributed by atoms with Gasteiger partial charge in [-0.15, -0.1) is 0 Å². The van der Waals surface area contributed by atoms with Crippen molar-refractivity contribution in [3.63, 3.8) is 0 Å². The standard InChI is InChI=1S/C11H18N4/c12-9-10-11(14-6-5-13-10)15-7-3-1-2-4-8-15/h5-6H,1-4,7-9,12H2. The zero-order chi connectivity index (χ0) is 10.5. The molecule has 15 heavy (non-hydrogen) atoms. The van der Waals surface area contributed by atoms with Crippen LogP contribution in [0.2, 0.25) is 0 Å². The third-order valence-corrected chi connectivity index (χ3v) is 2.85. The van der Waals surface area contributed by atoms with Crippen LogP contribution in [-0.4, -0.2) is 23.1 Å². The van der Waals surface area contributed by atoms with Crippen LogP contribution in [0.1, 0.15) is 31.4 Å². The van der Waals surface area contributed by atoms with Gasteiger partial charge in [-0.05, 0) is 12.8 Å². The first-order chi connectivity index (χ1) is 7.42. The molecule has 0 spiro atoms. The van der Waals surface area contributed by atoms with E-state index in [0.717, 1.165) is 24.6 Å². The maximum absolute atomic E-state index is 5.67. The number of hydrogen-bond donors (Lipinski definition) is 1. The molecule has 0 unspecified atom stereocenters. The highest BCUT2D eigenvalue weighted by atomic mass is 15.2. The number of nitrogens with zero attached hydrogens (tertiary/aromatic N) is 3. The highest BCUT2D eigenvalue weighted by molar-refractivity contribution is 5.42. The maximum Gasteiger partial charge on any atom is 0.151 e. The Kier molecular flexibility index (Phi) is 3.50. The molecule has 0 aliphatic carbocycles. The predicted octanol–water partition coefficient (Wildman–Crippen LogP) is 1.32. The second-order valence-electron chi connectivity index (χ2n) is 3.93. The van der Waals surface area contributed by atoms with Gasteiger partial charge in [0, 0.05) is 32.0 Å². The Bertz CT molecular complexity index is 305. The minimum absolute atomic E-state index is 0.472. The number of hydrogen-bond acceptors (Lipinski definition) is 4. The summed E-state index contributed by atoms with van der Waals surface area (Å²) in [6.07, 6.45) is 8.62. The molecule has 1 aliphatic heterocycles. The fourth-order valence-electron chi connectivity index (χ4n) is 2.05. The van der Waals surface area contributed by atoms with Crippen molar-refractivity contribution in [1.82, 2.24) is 9.97 Å². The van der Waals surface area contributed by atoms with E-state index >= 15 is 0 Å². The van der Waals surface area contributed by atoms with Crippen LogP contribution in [0, 0.1) is 0 Å². The summed E-state index contributed by atoms with van der Waals surface area (Å²) in [5, 5.41) is 0. The van der Waals surface area contributed by atoms with Crippen molar-refractivity contribution in [2.45, 2.75) is 32.2 Å². The van der Waals surface area contributed by atoms with Crippen LogP contribution in [0.4, 0.5) is 5.82 Å². The maximum atomic E-state index is 5.67. The van der Waals surface area contributed by atoms with E-state index in [1.54, 1.807) is 12.4 Å². The lowest BCUT2D eigenvalue weighted by Crippen LogP contribution is -2.27. The minimum atomic E-state index is 0.472. The summed E-state index contributed by atoms with van der Waals surface area (Å²) in [5.74, 6) is 0.988. The number of anilines is 1. The van der Waals surface area contributed by atoms with Gasteiger partial charge in [-0.3, -0.25) is 4.98 Å². The van der Waals surface area contributed by atoms with Crippen molar-refractivity contribution in [2.24, 2.45) is 5.73 Å². The van der Waals surface area contributed by atoms with E-state index in [0.29, 0.717) is 6.54 Å². The van der Waals surface area contributed by atoms with Crippen LogP contribution < -0.4 is 10.6 Å². The van der Waals surface area contributed by atoms with Crippen LogP contribution in [0.3, 0.4) is 0 Å². The number of aromatic nitrogens is 2. The van der Waals surface area contributed by atoms with Gasteiger partial charge in [-0.25, -0.2) is 4.98 Å². The summed E-state index contributed by atoms with van der Waals surface area (Å²) >= 11 is 0. The third-order valence-electron chi connectivity index (χ3n) is 2.85. The highest BCUT2D eigenvalue weighted by Crippen LogP contribution is 2.19. The molecule has 0 aromatic carbocycles. The van der Waals surface area contributed by atoms with Gasteiger partial charge in [0.2, 0.25) is 0 Å². The molecule has 82 valence electrons. The average molecular weight is 206 g/mol. The number of rotatable bonds is 2. The van der Waals surface area contributed by atoms with Crippen LogP contribution in [0.15, 0.2) is 12.4 Å². The molecule has 0 saturated carbocycles. The Hall–Kier alpha value is -1.16. The van der Waals surface area contributed by atoms with Crippen molar-refractivity contribution in [3.8, 4) is 0 Å². The van der Waals surface area contributed by atoms with Crippen LogP contribution in [-0.2, 0) is 6.54 Å². The van der Waals surface area contributed by atoms with Gasteiger partial charge in [-0.1, -0.05) is 12.8 Å². The number of nitrogens with two attached hydrogens (primary N) is 1. The molecule has 1 aliphatic rings. The Morgan fingerprint density at radius 1 is 1.07 bits per heavy atom. The SMILES string of the molecule is NCc1nccnc1N1CCCCCC1. The third kappa shape index (κ3) is 2.45. The van der Waals surface area contributed by atoms with Crippen LogP contribution in [0.5, 0.6) is 0 Å². The molecule has 4 heteroatoms. The summed E-state index contributed by atoms with van der Waals surface area (Å²) in [6.45, 7) is 2.65. The van der Waals surface area contributed by atoms with Crippen LogP contribution in [0.25, 0.3) is 0 Å². The Balaban J connectivity index is 2.18. The first-order valence-corrected chi connectivity index (χ1v) is 5.66. The molecule has 2 rings (SSSR count). The van der Waals surface area contributed by atoms with Gasteiger partial charge in [0.1, 0.15) is 0 Å². The Morgan fingerprint density at radius 3 is 2.40 bits per heavy atom. The molecule has 4 nitrogen and oxygen atoms in total. The minimum Gasteiger partial charge on any atom is -0.355 e. The predicted molar refractivity (Wildman–Crippen MR) is 60.6 cm³/mol. The average Bonchev–Trinajstić information content (AvgIpc) is 2.57. The normalized spacial score (nSPS) is 17.5. The van der Waals surface area contributed by atoms with E-state index in [4.69, 9.17) is 5.73 Å². The van der Waals surface area contributed by atoms with Gasteiger partial charge in [-0.2, -0.15) is 0 Å². The smallest absolute Gasteiger partial charge is 0.151 e. The van der Waals surface area contributed by atoms with Crippen molar-refractivity contribution in [1.29, 1.82) is 0 Å². The monoisotopic (exact) mass is 206 g/mol. The van der Waals surface area contributed by atoms with Crippen molar-refractivity contribution in [2.75, 3.05) is 18.0 Å². The van der Waals surface area contributed by atoms with E-state index in [-0.39, 0.29) is 0 Å². The van der Waals surface area contributed by atoms with Gasteiger partial charge < -0.3 is 10.6 Å². The summed E-state index contributed by atoms with van der Waals surface area (Å²) < 4.78 is 0. The van der Waals surface area contributed by atoms with Gasteiger partial charge >= 0.3 is 0 Å². The molecule has 1 fully saturated rings. The first-order valence-electron chi connectivity index (χ1n) is 5.66. The molecule has 2 heterocycles. The van der Waals surface area contributed by atoms with Crippen molar-refractivity contribution < 1.29 is 0 Å². The van der Waals surface area contributed by atoms with E-state index < -0.39 is 0 Å². The topological polar surface area (TPSA) is 55.0 Å². The quantitative estimate of drug-likeness (QED) is 0.792. The lowest BCUT2D eigenvalue weighted by atomic mass is 10.2. The largest absolute Gasteiger partial charge is 0.355 e. The van der Waals surface area contributed by atoms with Crippen molar-refractivity contribution in [3.05, 3.63) is 18.1 Å². The van der Waals surface area contributed by atoms with Gasteiger partial charge in [0.25, 0.3) is 0 Å². The van der Waals surface area contributed by atoms with E-state index in [2.05, 4.69) is 14.9 Å². The lowest BCUT2D eigenvalue weighted by Gasteiger charge is -2.22. The molecule has 1 saturated heterocycles. The second-order valence-corrected chi connectivity index (χ2v) is 3.93. The molecule has 0 bridgehead atoms. The fraction of sp³-hybridized carbons (Fsp3) is 0.636. The molecule has 1 aromatic heterocycles. The summed E-state index contributed by atoms with van der Waals surface area (Å²) in [5.41, 5.74) is 6.58. The highest BCUT2D eigenvalue weighted by Gasteiger charge is 2.14. The van der Waals surface area contributed by atoms with Gasteiger partial charge in [0.05, 0.1) is 5.69 Å². The molecule has 0 atom stereocenters. The zero-order valence-electron chi connectivity index (χ0n) is 9.02. The van der Waals surface area contributed by atoms with Crippen LogP contribution >= 0.6 is 0 Å². The molecule has 2 N–H and O–H groups in total. The Morgan fingerprint density at radius 2 is 1.73 bits per heavy atom. The lowest BCUT2D eigenvalue weighted by molar-refractivity contribution is 0.726. The Labute approximate surface area is 90.5 Å².